The number of ether oxygens (including phenoxy) is 2. The Kier molecular flexibility index (Phi) is 3.73. The van der Waals surface area contributed by atoms with Crippen LogP contribution in [0.4, 0.5) is 0 Å². The van der Waals surface area contributed by atoms with Crippen molar-refractivity contribution in [2.75, 3.05) is 6.61 Å². The number of amides is 1. The van der Waals surface area contributed by atoms with Crippen LogP contribution in [0.3, 0.4) is 0 Å². The summed E-state index contributed by atoms with van der Waals surface area (Å²) in [6.45, 7) is 2.15. The van der Waals surface area contributed by atoms with E-state index in [-0.39, 0.29) is 11.9 Å². The Morgan fingerprint density at radius 1 is 1.33 bits per heavy atom. The molecule has 5 nitrogen and oxygen atoms in total. The van der Waals surface area contributed by atoms with Crippen molar-refractivity contribution in [2.24, 2.45) is 0 Å². The standard InChI is InChI=1S/C16H16N2O3/c1-11(21-15-8-4-5-9-17-15)16(19)18-13-10-20-14-7-3-2-6-12(13)14/h2-9,11,13H,10H2,1H3,(H,18,19)/t11-,13+/m0/s1. The number of fused-ring (bicyclic) bond motifs is 1. The molecule has 1 aromatic carbocycles. The van der Waals surface area contributed by atoms with Gasteiger partial charge in [0.2, 0.25) is 5.88 Å². The Morgan fingerprint density at radius 3 is 2.95 bits per heavy atom. The van der Waals surface area contributed by atoms with Crippen molar-refractivity contribution < 1.29 is 14.3 Å². The average Bonchev–Trinajstić information content (AvgIpc) is 2.91. The number of pyridine rings is 1. The third-order valence-electron chi connectivity index (χ3n) is 3.32. The fourth-order valence-electron chi connectivity index (χ4n) is 2.22. The summed E-state index contributed by atoms with van der Waals surface area (Å²) in [6, 6.07) is 12.9. The first-order chi connectivity index (χ1) is 10.2. The maximum Gasteiger partial charge on any atom is 0.261 e. The first-order valence-electron chi connectivity index (χ1n) is 6.84. The molecule has 0 unspecified atom stereocenters. The van der Waals surface area contributed by atoms with Crippen molar-refractivity contribution in [3.05, 3.63) is 54.2 Å². The SMILES string of the molecule is C[C@H](Oc1ccccn1)C(=O)N[C@@H]1COc2ccccc21. The lowest BCUT2D eigenvalue weighted by Crippen LogP contribution is -2.39. The van der Waals surface area contributed by atoms with Crippen LogP contribution in [0.25, 0.3) is 0 Å². The Balaban J connectivity index is 1.62. The van der Waals surface area contributed by atoms with Crippen molar-refractivity contribution in [3.63, 3.8) is 0 Å². The fourth-order valence-corrected chi connectivity index (χ4v) is 2.22. The highest BCUT2D eigenvalue weighted by Gasteiger charge is 2.27. The smallest absolute Gasteiger partial charge is 0.261 e. The van der Waals surface area contributed by atoms with Gasteiger partial charge in [0.15, 0.2) is 6.10 Å². The monoisotopic (exact) mass is 284 g/mol. The van der Waals surface area contributed by atoms with Crippen LogP contribution in [0, 0.1) is 0 Å². The molecule has 0 bridgehead atoms. The summed E-state index contributed by atoms with van der Waals surface area (Å²) in [5, 5.41) is 2.94. The van der Waals surface area contributed by atoms with E-state index >= 15 is 0 Å². The zero-order valence-electron chi connectivity index (χ0n) is 11.7. The van der Waals surface area contributed by atoms with Gasteiger partial charge in [-0.05, 0) is 19.1 Å². The molecule has 108 valence electrons. The second kappa shape index (κ2) is 5.83. The van der Waals surface area contributed by atoms with Gasteiger partial charge in [-0.25, -0.2) is 4.98 Å². The molecule has 1 N–H and O–H groups in total. The number of hydrogen-bond donors (Lipinski definition) is 1. The number of rotatable bonds is 4. The van der Waals surface area contributed by atoms with Gasteiger partial charge < -0.3 is 14.8 Å². The number of carbonyl (C=O) groups is 1. The summed E-state index contributed by atoms with van der Waals surface area (Å²) in [5.74, 6) is 1.07. The molecule has 2 atom stereocenters. The average molecular weight is 284 g/mol. The van der Waals surface area contributed by atoms with Crippen LogP contribution >= 0.6 is 0 Å². The fraction of sp³-hybridized carbons (Fsp3) is 0.250. The highest BCUT2D eigenvalue weighted by molar-refractivity contribution is 5.81. The van der Waals surface area contributed by atoms with Crippen molar-refractivity contribution in [3.8, 4) is 11.6 Å². The lowest BCUT2D eigenvalue weighted by Gasteiger charge is -2.17. The van der Waals surface area contributed by atoms with Crippen molar-refractivity contribution in [2.45, 2.75) is 19.1 Å². The van der Waals surface area contributed by atoms with Gasteiger partial charge in [-0.15, -0.1) is 0 Å². The minimum absolute atomic E-state index is 0.136. The van der Waals surface area contributed by atoms with Gasteiger partial charge >= 0.3 is 0 Å². The third-order valence-corrected chi connectivity index (χ3v) is 3.32. The van der Waals surface area contributed by atoms with Gasteiger partial charge in [0.1, 0.15) is 12.4 Å². The maximum absolute atomic E-state index is 12.2. The van der Waals surface area contributed by atoms with E-state index in [4.69, 9.17) is 9.47 Å². The van der Waals surface area contributed by atoms with Crippen LogP contribution in [-0.2, 0) is 4.79 Å². The van der Waals surface area contributed by atoms with Gasteiger partial charge in [-0.1, -0.05) is 24.3 Å². The normalized spacial score (nSPS) is 17.5. The number of nitrogens with zero attached hydrogens (tertiary/aromatic N) is 1. The van der Waals surface area contributed by atoms with E-state index in [2.05, 4.69) is 10.3 Å². The van der Waals surface area contributed by atoms with Crippen LogP contribution in [0.2, 0.25) is 0 Å². The van der Waals surface area contributed by atoms with Crippen molar-refractivity contribution in [1.29, 1.82) is 0 Å². The molecule has 21 heavy (non-hydrogen) atoms. The lowest BCUT2D eigenvalue weighted by molar-refractivity contribution is -0.128. The van der Waals surface area contributed by atoms with Crippen molar-refractivity contribution >= 4 is 5.91 Å². The molecule has 5 heteroatoms. The van der Waals surface area contributed by atoms with Crippen LogP contribution in [0.5, 0.6) is 11.6 Å². The van der Waals surface area contributed by atoms with E-state index in [1.165, 1.54) is 0 Å². The van der Waals surface area contributed by atoms with Gasteiger partial charge in [0.25, 0.3) is 5.91 Å². The van der Waals surface area contributed by atoms with Gasteiger partial charge in [0, 0.05) is 17.8 Å². The van der Waals surface area contributed by atoms with E-state index in [9.17, 15) is 4.79 Å². The molecule has 0 saturated heterocycles. The van der Waals surface area contributed by atoms with Crippen LogP contribution < -0.4 is 14.8 Å². The summed E-state index contributed by atoms with van der Waals surface area (Å²) in [4.78, 5) is 16.2. The molecule has 2 aromatic rings. The van der Waals surface area contributed by atoms with E-state index in [0.717, 1.165) is 11.3 Å². The third kappa shape index (κ3) is 2.97. The minimum atomic E-state index is -0.618. The summed E-state index contributed by atoms with van der Waals surface area (Å²) >= 11 is 0. The molecule has 2 heterocycles. The predicted octanol–water partition coefficient (Wildman–Crippen LogP) is 2.10. The van der Waals surface area contributed by atoms with Crippen LogP contribution in [0.15, 0.2) is 48.7 Å². The molecule has 0 spiro atoms. The Labute approximate surface area is 122 Å². The molecular weight excluding hydrogens is 268 g/mol. The maximum atomic E-state index is 12.2. The Morgan fingerprint density at radius 2 is 2.14 bits per heavy atom. The highest BCUT2D eigenvalue weighted by atomic mass is 16.5. The molecule has 0 fully saturated rings. The number of hydrogen-bond acceptors (Lipinski definition) is 4. The number of nitrogens with one attached hydrogen (secondary N) is 1. The second-order valence-electron chi connectivity index (χ2n) is 4.84. The first-order valence-corrected chi connectivity index (χ1v) is 6.84. The number of para-hydroxylation sites is 1. The summed E-state index contributed by atoms with van der Waals surface area (Å²) in [6.07, 6.45) is 1.01. The second-order valence-corrected chi connectivity index (χ2v) is 4.84. The molecule has 3 rings (SSSR count). The number of aromatic nitrogens is 1. The summed E-state index contributed by atoms with van der Waals surface area (Å²) < 4.78 is 11.1. The molecular formula is C16H16N2O3. The zero-order valence-corrected chi connectivity index (χ0v) is 11.7. The molecule has 1 amide bonds. The number of carbonyl (C=O) groups excluding carboxylic acids is 1. The topological polar surface area (TPSA) is 60.5 Å². The number of benzene rings is 1. The first kappa shape index (κ1) is 13.4. The Bertz CT molecular complexity index is 630. The largest absolute Gasteiger partial charge is 0.491 e. The van der Waals surface area contributed by atoms with E-state index in [1.54, 1.807) is 25.3 Å². The quantitative estimate of drug-likeness (QED) is 0.934. The van der Waals surface area contributed by atoms with E-state index < -0.39 is 6.10 Å². The Hall–Kier alpha value is -2.56. The van der Waals surface area contributed by atoms with E-state index in [0.29, 0.717) is 12.5 Å². The van der Waals surface area contributed by atoms with Crippen LogP contribution in [-0.4, -0.2) is 23.6 Å². The molecule has 0 saturated carbocycles. The molecule has 1 aliphatic heterocycles. The molecule has 1 aliphatic rings. The molecule has 1 aromatic heterocycles. The van der Waals surface area contributed by atoms with Gasteiger partial charge in [0.05, 0.1) is 6.04 Å². The predicted molar refractivity (Wildman–Crippen MR) is 77.1 cm³/mol. The molecule has 0 radical (unpaired) electrons. The highest BCUT2D eigenvalue weighted by Crippen LogP contribution is 2.31. The summed E-state index contributed by atoms with van der Waals surface area (Å²) in [7, 11) is 0. The van der Waals surface area contributed by atoms with Crippen molar-refractivity contribution in [1.82, 2.24) is 10.3 Å². The van der Waals surface area contributed by atoms with Gasteiger partial charge in [-0.2, -0.15) is 0 Å². The lowest BCUT2D eigenvalue weighted by atomic mass is 10.1. The zero-order chi connectivity index (χ0) is 14.7. The molecule has 0 aliphatic carbocycles. The summed E-state index contributed by atoms with van der Waals surface area (Å²) in [5.41, 5.74) is 0.996. The minimum Gasteiger partial charge on any atom is -0.491 e. The van der Waals surface area contributed by atoms with Crippen LogP contribution in [0.1, 0.15) is 18.5 Å². The van der Waals surface area contributed by atoms with E-state index in [1.807, 2.05) is 30.3 Å². The van der Waals surface area contributed by atoms with Gasteiger partial charge in [-0.3, -0.25) is 4.79 Å².